The molecule has 58 heavy (non-hydrogen) atoms. The second kappa shape index (κ2) is 14.6. The van der Waals surface area contributed by atoms with Gasteiger partial charge in [0.25, 0.3) is 0 Å². The monoisotopic (exact) mass is 742 g/mol. The van der Waals surface area contributed by atoms with Crippen LogP contribution in [0.4, 0.5) is 0 Å². The van der Waals surface area contributed by atoms with Gasteiger partial charge in [-0.05, 0) is 93.9 Å². The maximum atomic E-state index is 9.57. The zero-order valence-electron chi connectivity index (χ0n) is 31.6. The van der Waals surface area contributed by atoms with Crippen molar-refractivity contribution < 1.29 is 4.42 Å². The smallest absolute Gasteiger partial charge is 0.164 e. The highest BCUT2D eigenvalue weighted by Gasteiger charge is 2.17. The first kappa shape index (κ1) is 34.5. The molecule has 0 fully saturated rings. The zero-order chi connectivity index (χ0) is 39.0. The van der Waals surface area contributed by atoms with Gasteiger partial charge < -0.3 is 4.42 Å². The van der Waals surface area contributed by atoms with Gasteiger partial charge in [-0.3, -0.25) is 0 Å². The third-order valence-corrected chi connectivity index (χ3v) is 10.6. The lowest BCUT2D eigenvalue weighted by atomic mass is 9.98. The van der Waals surface area contributed by atoms with Gasteiger partial charge in [0.15, 0.2) is 17.5 Å². The predicted molar refractivity (Wildman–Crippen MR) is 235 cm³/mol. The van der Waals surface area contributed by atoms with Crippen molar-refractivity contribution in [2.75, 3.05) is 0 Å². The van der Waals surface area contributed by atoms with Crippen LogP contribution in [0.2, 0.25) is 0 Å². The number of benzene rings is 8. The zero-order valence-corrected chi connectivity index (χ0v) is 31.6. The molecule has 0 radical (unpaired) electrons. The summed E-state index contributed by atoms with van der Waals surface area (Å²) < 4.78 is 6.50. The minimum atomic E-state index is 0.537. The second-order valence-electron chi connectivity index (χ2n) is 14.5. The lowest BCUT2D eigenvalue weighted by Gasteiger charge is -2.11. The summed E-state index contributed by atoms with van der Waals surface area (Å²) in [5.41, 5.74) is 14.7. The Morgan fingerprint density at radius 1 is 0.397 bits per heavy atom. The van der Waals surface area contributed by atoms with E-state index in [0.29, 0.717) is 23.0 Å². The number of hydrogen-bond donors (Lipinski definition) is 0. The number of fused-ring (bicyclic) bond motifs is 3. The maximum Gasteiger partial charge on any atom is 0.164 e. The van der Waals surface area contributed by atoms with E-state index in [1.807, 2.05) is 72.8 Å². The molecule has 10 aromatic rings. The van der Waals surface area contributed by atoms with Crippen molar-refractivity contribution >= 4 is 21.9 Å². The summed E-state index contributed by atoms with van der Waals surface area (Å²) in [6.45, 7) is 2.10. The Labute approximate surface area is 336 Å². The third-order valence-electron chi connectivity index (χ3n) is 10.6. The number of aromatic nitrogens is 3. The largest absolute Gasteiger partial charge is 0.456 e. The van der Waals surface area contributed by atoms with Gasteiger partial charge in [-0.15, -0.1) is 0 Å². The molecule has 0 bridgehead atoms. The summed E-state index contributed by atoms with van der Waals surface area (Å²) in [6.07, 6.45) is 0. The highest BCUT2D eigenvalue weighted by Crippen LogP contribution is 2.38. The van der Waals surface area contributed by atoms with Crippen molar-refractivity contribution in [3.8, 4) is 84.7 Å². The Morgan fingerprint density at radius 2 is 0.879 bits per heavy atom. The molecule has 0 aliphatic carbocycles. The maximum absolute atomic E-state index is 9.57. The van der Waals surface area contributed by atoms with Crippen molar-refractivity contribution in [2.24, 2.45) is 0 Å². The Bertz CT molecular complexity index is 3180. The van der Waals surface area contributed by atoms with E-state index < -0.39 is 0 Å². The Balaban J connectivity index is 1.09. The Morgan fingerprint density at radius 3 is 1.52 bits per heavy atom. The van der Waals surface area contributed by atoms with Crippen molar-refractivity contribution in [3.05, 3.63) is 199 Å². The third kappa shape index (κ3) is 6.59. The molecule has 5 nitrogen and oxygen atoms in total. The first-order valence-electron chi connectivity index (χ1n) is 19.2. The number of furan rings is 1. The van der Waals surface area contributed by atoms with E-state index in [1.165, 1.54) is 16.7 Å². The molecule has 0 spiro atoms. The number of hydrogen-bond acceptors (Lipinski definition) is 5. The molecule has 8 aromatic carbocycles. The fraction of sp³-hybridized carbons (Fsp3) is 0.0189. The van der Waals surface area contributed by atoms with E-state index in [9.17, 15) is 5.26 Å². The predicted octanol–water partition coefficient (Wildman–Crippen LogP) is 13.6. The molecule has 0 saturated heterocycles. The molecule has 5 heteroatoms. The normalized spacial score (nSPS) is 11.2. The van der Waals surface area contributed by atoms with Crippen LogP contribution in [-0.2, 0) is 0 Å². The van der Waals surface area contributed by atoms with E-state index in [2.05, 4.69) is 128 Å². The molecule has 2 aromatic heterocycles. The lowest BCUT2D eigenvalue weighted by molar-refractivity contribution is 0.669. The van der Waals surface area contributed by atoms with Gasteiger partial charge in [-0.1, -0.05) is 151 Å². The molecule has 0 aliphatic heterocycles. The van der Waals surface area contributed by atoms with E-state index in [-0.39, 0.29) is 0 Å². The van der Waals surface area contributed by atoms with Gasteiger partial charge in [0, 0.05) is 27.5 Å². The van der Waals surface area contributed by atoms with E-state index in [1.54, 1.807) is 0 Å². The van der Waals surface area contributed by atoms with Gasteiger partial charge in [-0.25, -0.2) is 15.0 Å². The summed E-state index contributed by atoms with van der Waals surface area (Å²) in [6, 6.07) is 66.4. The quantitative estimate of drug-likeness (QED) is 0.162. The van der Waals surface area contributed by atoms with Crippen molar-refractivity contribution in [2.45, 2.75) is 6.92 Å². The summed E-state index contributed by atoms with van der Waals surface area (Å²) >= 11 is 0. The second-order valence-corrected chi connectivity index (χ2v) is 14.5. The van der Waals surface area contributed by atoms with Crippen molar-refractivity contribution in [1.29, 1.82) is 5.26 Å². The minimum absolute atomic E-state index is 0.537. The van der Waals surface area contributed by atoms with Gasteiger partial charge in [0.1, 0.15) is 11.2 Å². The molecule has 0 amide bonds. The van der Waals surface area contributed by atoms with Crippen LogP contribution in [0.15, 0.2) is 192 Å². The van der Waals surface area contributed by atoms with Crippen LogP contribution in [0.1, 0.15) is 11.1 Å². The highest BCUT2D eigenvalue weighted by atomic mass is 16.3. The highest BCUT2D eigenvalue weighted by molar-refractivity contribution is 6.13. The Hall–Kier alpha value is -7.94. The summed E-state index contributed by atoms with van der Waals surface area (Å²) in [4.78, 5) is 15.3. The van der Waals surface area contributed by atoms with Gasteiger partial charge >= 0.3 is 0 Å². The molecule has 0 atom stereocenters. The van der Waals surface area contributed by atoms with Crippen LogP contribution in [0.5, 0.6) is 0 Å². The number of nitrogens with zero attached hydrogens (tertiary/aromatic N) is 4. The van der Waals surface area contributed by atoms with Gasteiger partial charge in [-0.2, -0.15) is 5.26 Å². The SMILES string of the molecule is Cc1ccc(-c2ccc(-c3cccc(-c4nc(-c5cccc(-c6cccc(C#N)c6)c5)nc(-c5ccc6c(c5)oc5cccc(-c7ccccc7)c56)n4)c3)cc2)cc1. The average Bonchev–Trinajstić information content (AvgIpc) is 3.68. The number of nitriles is 1. The van der Waals surface area contributed by atoms with Crippen LogP contribution in [-0.4, -0.2) is 15.0 Å². The molecule has 2 heterocycles. The fourth-order valence-corrected chi connectivity index (χ4v) is 7.63. The Kier molecular flexibility index (Phi) is 8.70. The molecular weight excluding hydrogens is 709 g/mol. The van der Waals surface area contributed by atoms with Crippen LogP contribution < -0.4 is 0 Å². The molecular formula is C53H34N4O. The lowest BCUT2D eigenvalue weighted by Crippen LogP contribution is -2.00. The average molecular weight is 743 g/mol. The molecule has 0 aliphatic rings. The van der Waals surface area contributed by atoms with E-state index >= 15 is 0 Å². The topological polar surface area (TPSA) is 75.6 Å². The summed E-state index contributed by atoms with van der Waals surface area (Å²) in [7, 11) is 0. The minimum Gasteiger partial charge on any atom is -0.456 e. The van der Waals surface area contributed by atoms with Crippen LogP contribution in [0, 0.1) is 18.3 Å². The first-order valence-corrected chi connectivity index (χ1v) is 19.2. The summed E-state index contributed by atoms with van der Waals surface area (Å²) in [5.74, 6) is 1.64. The molecule has 272 valence electrons. The molecule has 0 N–H and O–H groups in total. The van der Waals surface area contributed by atoms with Gasteiger partial charge in [0.2, 0.25) is 0 Å². The number of aryl methyl sites for hydroxylation is 1. The fourth-order valence-electron chi connectivity index (χ4n) is 7.63. The van der Waals surface area contributed by atoms with E-state index in [0.717, 1.165) is 72.0 Å². The standard InChI is InChI=1S/C53H34N4O/c1-34-19-21-36(22-20-34)37-23-25-38(26-24-37)41-13-6-15-43(30-41)51-55-52(44-16-7-14-42(31-44)40-12-5-9-35(29-40)33-54)57-53(56-51)45-27-28-47-49(32-45)58-48-18-8-17-46(50(47)48)39-10-3-2-4-11-39/h2-32H,1H3. The van der Waals surface area contributed by atoms with E-state index in [4.69, 9.17) is 19.4 Å². The van der Waals surface area contributed by atoms with Crippen molar-refractivity contribution in [1.82, 2.24) is 15.0 Å². The molecule has 0 saturated carbocycles. The summed E-state index contributed by atoms with van der Waals surface area (Å²) in [5, 5.41) is 11.7. The van der Waals surface area contributed by atoms with Crippen LogP contribution in [0.25, 0.3) is 101 Å². The van der Waals surface area contributed by atoms with Crippen LogP contribution >= 0.6 is 0 Å². The number of rotatable bonds is 7. The molecule has 10 rings (SSSR count). The van der Waals surface area contributed by atoms with Crippen LogP contribution in [0.3, 0.4) is 0 Å². The molecule has 0 unspecified atom stereocenters. The first-order chi connectivity index (χ1) is 28.6. The van der Waals surface area contributed by atoms with Gasteiger partial charge in [0.05, 0.1) is 11.6 Å². The van der Waals surface area contributed by atoms with Crippen molar-refractivity contribution in [3.63, 3.8) is 0 Å².